The van der Waals surface area contributed by atoms with Crippen LogP contribution in [0.2, 0.25) is 0 Å². The molecule has 2 N–H and O–H groups in total. The quantitative estimate of drug-likeness (QED) is 0.517. The smallest absolute Gasteiger partial charge is 0.262 e. The van der Waals surface area contributed by atoms with Gasteiger partial charge in [0.2, 0.25) is 0 Å². The molecule has 10 heteroatoms. The van der Waals surface area contributed by atoms with Gasteiger partial charge in [-0.15, -0.1) is 0 Å². The number of halogens is 1. The van der Waals surface area contributed by atoms with Crippen LogP contribution >= 0.6 is 0 Å². The van der Waals surface area contributed by atoms with E-state index in [1.165, 1.54) is 68.4 Å². The van der Waals surface area contributed by atoms with Crippen molar-refractivity contribution in [1.82, 2.24) is 0 Å². The minimum atomic E-state index is -4.20. The van der Waals surface area contributed by atoms with Gasteiger partial charge in [0.1, 0.15) is 5.82 Å². The fraction of sp³-hybridized carbons (Fsp3) is 0.0952. The number of hydrogen-bond donors (Lipinski definition) is 2. The third kappa shape index (κ3) is 5.09. The zero-order chi connectivity index (χ0) is 22.8. The van der Waals surface area contributed by atoms with Crippen molar-refractivity contribution in [3.63, 3.8) is 0 Å². The van der Waals surface area contributed by atoms with E-state index in [0.717, 1.165) is 12.1 Å². The van der Waals surface area contributed by atoms with E-state index in [0.29, 0.717) is 5.56 Å². The highest BCUT2D eigenvalue weighted by Gasteiger charge is 2.21. The fourth-order valence-electron chi connectivity index (χ4n) is 2.79. The Morgan fingerprint density at radius 2 is 1.55 bits per heavy atom. The first kappa shape index (κ1) is 22.4. The summed E-state index contributed by atoms with van der Waals surface area (Å²) in [5.74, 6) is -1.04. The van der Waals surface area contributed by atoms with Crippen molar-refractivity contribution < 1.29 is 26.0 Å². The van der Waals surface area contributed by atoms with Crippen molar-refractivity contribution in [2.24, 2.45) is 0 Å². The van der Waals surface area contributed by atoms with Crippen molar-refractivity contribution >= 4 is 37.2 Å². The number of ketones is 1. The molecule has 3 aromatic carbocycles. The largest absolute Gasteiger partial charge is 0.295 e. The Labute approximate surface area is 180 Å². The van der Waals surface area contributed by atoms with Crippen LogP contribution in [0.1, 0.15) is 22.8 Å². The van der Waals surface area contributed by atoms with E-state index in [1.807, 2.05) is 0 Å². The number of anilines is 2. The lowest BCUT2D eigenvalue weighted by molar-refractivity contribution is 0.101. The Morgan fingerprint density at radius 3 is 2.23 bits per heavy atom. The number of nitrogens with one attached hydrogen (secondary N) is 2. The second-order valence-electron chi connectivity index (χ2n) is 6.76. The molecule has 0 fully saturated rings. The summed E-state index contributed by atoms with van der Waals surface area (Å²) in [5.41, 5.74) is 0.330. The van der Waals surface area contributed by atoms with Gasteiger partial charge in [0, 0.05) is 5.56 Å². The molecule has 0 aliphatic carbocycles. The van der Waals surface area contributed by atoms with E-state index < -0.39 is 25.9 Å². The van der Waals surface area contributed by atoms with Gasteiger partial charge in [-0.2, -0.15) is 0 Å². The molecule has 0 amide bonds. The van der Waals surface area contributed by atoms with Crippen LogP contribution in [-0.2, 0) is 20.0 Å². The molecule has 0 saturated heterocycles. The molecule has 0 aromatic heterocycles. The maximum atomic E-state index is 13.9. The lowest BCUT2D eigenvalue weighted by Crippen LogP contribution is -2.17. The molecule has 0 aliphatic heterocycles. The summed E-state index contributed by atoms with van der Waals surface area (Å²) < 4.78 is 69.4. The van der Waals surface area contributed by atoms with E-state index >= 15 is 0 Å². The summed E-state index contributed by atoms with van der Waals surface area (Å²) in [4.78, 5) is 11.2. The Balaban J connectivity index is 1.95. The minimum Gasteiger partial charge on any atom is -0.295 e. The average Bonchev–Trinajstić information content (AvgIpc) is 2.71. The van der Waals surface area contributed by atoms with Gasteiger partial charge < -0.3 is 0 Å². The van der Waals surface area contributed by atoms with E-state index in [1.54, 1.807) is 0 Å². The molecule has 0 radical (unpaired) electrons. The predicted molar refractivity (Wildman–Crippen MR) is 116 cm³/mol. The molecule has 0 saturated carbocycles. The van der Waals surface area contributed by atoms with E-state index in [2.05, 4.69) is 9.44 Å². The summed E-state index contributed by atoms with van der Waals surface area (Å²) in [7, 11) is -8.28. The molecule has 0 bridgehead atoms. The molecule has 0 atom stereocenters. The number of rotatable bonds is 7. The number of carbonyl (C=O) groups is 1. The van der Waals surface area contributed by atoms with Gasteiger partial charge in [0.15, 0.2) is 5.78 Å². The van der Waals surface area contributed by atoms with Crippen LogP contribution < -0.4 is 9.44 Å². The van der Waals surface area contributed by atoms with Gasteiger partial charge in [-0.1, -0.05) is 30.3 Å². The number of Topliss-reactive ketones (excluding diaryl/α,β-unsaturated/α-hetero) is 1. The van der Waals surface area contributed by atoms with E-state index in [-0.39, 0.29) is 32.5 Å². The second-order valence-corrected chi connectivity index (χ2v) is 10.1. The van der Waals surface area contributed by atoms with Crippen LogP contribution in [0.5, 0.6) is 0 Å². The fourth-order valence-corrected chi connectivity index (χ4v) is 5.23. The molecule has 3 rings (SSSR count). The Hall–Kier alpha value is -3.24. The van der Waals surface area contributed by atoms with Gasteiger partial charge >= 0.3 is 0 Å². The molecule has 3 aromatic rings. The maximum absolute atomic E-state index is 13.9. The second kappa shape index (κ2) is 8.48. The van der Waals surface area contributed by atoms with Crippen molar-refractivity contribution in [3.8, 4) is 0 Å². The Kier molecular flexibility index (Phi) is 6.14. The minimum absolute atomic E-state index is 0.00673. The van der Waals surface area contributed by atoms with Crippen LogP contribution in [0.25, 0.3) is 0 Å². The Bertz CT molecular complexity index is 1370. The summed E-state index contributed by atoms with van der Waals surface area (Å²) in [6.07, 6.45) is 0. The average molecular weight is 463 g/mol. The number of sulfonamides is 2. The topological polar surface area (TPSA) is 109 Å². The van der Waals surface area contributed by atoms with Crippen LogP contribution in [0, 0.1) is 12.7 Å². The summed E-state index contributed by atoms with van der Waals surface area (Å²) >= 11 is 0. The normalized spacial score (nSPS) is 11.7. The number of aryl methyl sites for hydroxylation is 1. The molecule has 7 nitrogen and oxygen atoms in total. The molecule has 0 unspecified atom stereocenters. The van der Waals surface area contributed by atoms with Crippen LogP contribution in [0.3, 0.4) is 0 Å². The van der Waals surface area contributed by atoms with Crippen molar-refractivity contribution in [2.75, 3.05) is 9.44 Å². The number of carbonyl (C=O) groups excluding carboxylic acids is 1. The zero-order valence-corrected chi connectivity index (χ0v) is 18.2. The molecular formula is C21H19FN2O5S2. The molecule has 0 spiro atoms. The first-order chi connectivity index (χ1) is 14.5. The van der Waals surface area contributed by atoms with Gasteiger partial charge in [-0.3, -0.25) is 14.2 Å². The van der Waals surface area contributed by atoms with Crippen LogP contribution in [-0.4, -0.2) is 22.6 Å². The third-order valence-electron chi connectivity index (χ3n) is 4.40. The van der Waals surface area contributed by atoms with E-state index in [4.69, 9.17) is 0 Å². The number of benzene rings is 3. The number of hydrogen-bond acceptors (Lipinski definition) is 5. The molecule has 31 heavy (non-hydrogen) atoms. The Morgan fingerprint density at radius 1 is 0.839 bits per heavy atom. The highest BCUT2D eigenvalue weighted by molar-refractivity contribution is 7.93. The molecule has 0 heterocycles. The third-order valence-corrected chi connectivity index (χ3v) is 7.29. The van der Waals surface area contributed by atoms with Crippen molar-refractivity contribution in [3.05, 3.63) is 83.7 Å². The molecule has 162 valence electrons. The van der Waals surface area contributed by atoms with E-state index in [9.17, 15) is 26.0 Å². The zero-order valence-electron chi connectivity index (χ0n) is 16.6. The summed E-state index contributed by atoms with van der Waals surface area (Å²) in [6.45, 7) is 2.85. The SMILES string of the molecule is CC(=O)c1cccc(S(=O)(=O)Nc2ccc(C)c(S(=O)(=O)Nc3ccccc3F)c2)c1. The standard InChI is InChI=1S/C21H19FN2O5S2/c1-14-10-11-17(23-30(26,27)18-7-5-6-16(12-18)15(2)25)13-21(14)31(28,29)24-20-9-4-3-8-19(20)22/h3-13,23-24H,1-2H3. The highest BCUT2D eigenvalue weighted by Crippen LogP contribution is 2.26. The van der Waals surface area contributed by atoms with Gasteiger partial charge in [0.05, 0.1) is 21.2 Å². The first-order valence-corrected chi connectivity index (χ1v) is 12.0. The maximum Gasteiger partial charge on any atom is 0.262 e. The highest BCUT2D eigenvalue weighted by atomic mass is 32.2. The number of para-hydroxylation sites is 1. The molecule has 0 aliphatic rings. The van der Waals surface area contributed by atoms with Crippen LogP contribution in [0.4, 0.5) is 15.8 Å². The lowest BCUT2D eigenvalue weighted by atomic mass is 10.2. The molecular weight excluding hydrogens is 443 g/mol. The van der Waals surface area contributed by atoms with Gasteiger partial charge in [-0.05, 0) is 55.8 Å². The predicted octanol–water partition coefficient (Wildman–Crippen LogP) is 3.94. The van der Waals surface area contributed by atoms with Crippen molar-refractivity contribution in [1.29, 1.82) is 0 Å². The van der Waals surface area contributed by atoms with Crippen molar-refractivity contribution in [2.45, 2.75) is 23.6 Å². The summed E-state index contributed by atoms with van der Waals surface area (Å²) in [5, 5.41) is 0. The summed E-state index contributed by atoms with van der Waals surface area (Å²) in [6, 6.07) is 14.8. The van der Waals surface area contributed by atoms with Gasteiger partial charge in [-0.25, -0.2) is 21.2 Å². The van der Waals surface area contributed by atoms with Crippen LogP contribution in [0.15, 0.2) is 76.5 Å². The monoisotopic (exact) mass is 462 g/mol. The van der Waals surface area contributed by atoms with Gasteiger partial charge in [0.25, 0.3) is 20.0 Å². The lowest BCUT2D eigenvalue weighted by Gasteiger charge is -2.14. The first-order valence-electron chi connectivity index (χ1n) is 9.01.